The molecule has 38 heavy (non-hydrogen) atoms. The second-order valence-electron chi connectivity index (χ2n) is 9.28. The van der Waals surface area contributed by atoms with Gasteiger partial charge in [0.25, 0.3) is 12.3 Å². The number of aromatic nitrogens is 4. The summed E-state index contributed by atoms with van der Waals surface area (Å²) in [6.45, 7) is 0.468. The molecule has 0 saturated heterocycles. The SMILES string of the molecule is N#Cc1cccnc1-n1c(=O)n(CC2CCC(NC(=O)c3cc(Cl)cnc3C(F)F)CC2)c2ccccc21. The standard InChI is InChI=1S/C27H23ClF2N6O2/c28-18-12-20(23(24(29)30)33-14-18)26(37)34-19-9-7-16(8-10-19)15-35-21-5-1-2-6-22(21)36(27(35)38)25-17(13-31)4-3-11-32-25/h1-6,11-12,14,16,19,24H,7-10,15H2,(H,34,37). The van der Waals surface area contributed by atoms with Crippen LogP contribution in [0.2, 0.25) is 5.02 Å². The van der Waals surface area contributed by atoms with Crippen LogP contribution in [0.25, 0.3) is 16.9 Å². The molecule has 1 fully saturated rings. The van der Waals surface area contributed by atoms with Crippen molar-refractivity contribution in [3.05, 3.63) is 87.2 Å². The number of hydrogen-bond acceptors (Lipinski definition) is 5. The fraction of sp³-hybridized carbons (Fsp3) is 0.296. The summed E-state index contributed by atoms with van der Waals surface area (Å²) in [6, 6.07) is 13.8. The van der Waals surface area contributed by atoms with Crippen LogP contribution in [0, 0.1) is 17.2 Å². The molecule has 3 aromatic heterocycles. The molecule has 3 heterocycles. The Kier molecular flexibility index (Phi) is 7.20. The van der Waals surface area contributed by atoms with Gasteiger partial charge in [0.05, 0.1) is 27.2 Å². The van der Waals surface area contributed by atoms with E-state index in [9.17, 15) is 23.6 Å². The Labute approximate surface area is 221 Å². The molecule has 5 rings (SSSR count). The van der Waals surface area contributed by atoms with Crippen molar-refractivity contribution in [2.45, 2.75) is 44.7 Å². The zero-order chi connectivity index (χ0) is 26.8. The summed E-state index contributed by atoms with van der Waals surface area (Å²) in [7, 11) is 0. The van der Waals surface area contributed by atoms with Crippen LogP contribution in [0.5, 0.6) is 0 Å². The number of hydrogen-bond donors (Lipinski definition) is 1. The molecular formula is C27H23ClF2N6O2. The number of carbonyl (C=O) groups excluding carboxylic acids is 1. The molecule has 0 radical (unpaired) electrons. The third-order valence-electron chi connectivity index (χ3n) is 6.91. The van der Waals surface area contributed by atoms with Crippen LogP contribution in [-0.2, 0) is 6.54 Å². The van der Waals surface area contributed by atoms with Gasteiger partial charge in [-0.3, -0.25) is 14.3 Å². The molecule has 0 aliphatic heterocycles. The van der Waals surface area contributed by atoms with Crippen molar-refractivity contribution >= 4 is 28.5 Å². The summed E-state index contributed by atoms with van der Waals surface area (Å²) in [4.78, 5) is 34.2. The first-order valence-electron chi connectivity index (χ1n) is 12.2. The predicted octanol–water partition coefficient (Wildman–Crippen LogP) is 5.03. The Morgan fingerprint density at radius 1 is 1.13 bits per heavy atom. The molecule has 8 nitrogen and oxygen atoms in total. The Morgan fingerprint density at radius 2 is 1.87 bits per heavy atom. The Balaban J connectivity index is 1.32. The normalized spacial score (nSPS) is 17.4. The number of carbonyl (C=O) groups is 1. The number of alkyl halides is 2. The van der Waals surface area contributed by atoms with Gasteiger partial charge in [0, 0.05) is 25.0 Å². The van der Waals surface area contributed by atoms with Crippen LogP contribution in [0.3, 0.4) is 0 Å². The van der Waals surface area contributed by atoms with E-state index in [1.807, 2.05) is 24.3 Å². The lowest BCUT2D eigenvalue weighted by Crippen LogP contribution is -2.39. The first kappa shape index (κ1) is 25.5. The summed E-state index contributed by atoms with van der Waals surface area (Å²) in [5, 5.41) is 12.5. The molecule has 1 amide bonds. The van der Waals surface area contributed by atoms with E-state index in [0.717, 1.165) is 24.6 Å². The topological polar surface area (TPSA) is 106 Å². The molecule has 1 N–H and O–H groups in total. The zero-order valence-electron chi connectivity index (χ0n) is 20.2. The maximum absolute atomic E-state index is 13.6. The number of nitriles is 1. The molecular weight excluding hydrogens is 514 g/mol. The highest BCUT2D eigenvalue weighted by atomic mass is 35.5. The van der Waals surface area contributed by atoms with E-state index in [4.69, 9.17) is 11.6 Å². The predicted molar refractivity (Wildman–Crippen MR) is 137 cm³/mol. The van der Waals surface area contributed by atoms with Gasteiger partial charge in [-0.2, -0.15) is 5.26 Å². The molecule has 1 aliphatic rings. The number of pyridine rings is 2. The van der Waals surface area contributed by atoms with Crippen molar-refractivity contribution < 1.29 is 13.6 Å². The van der Waals surface area contributed by atoms with Gasteiger partial charge in [0.1, 0.15) is 11.8 Å². The highest BCUT2D eigenvalue weighted by Crippen LogP contribution is 2.29. The van der Waals surface area contributed by atoms with E-state index in [-0.39, 0.29) is 28.2 Å². The minimum Gasteiger partial charge on any atom is -0.349 e. The number of rotatable bonds is 6. The molecule has 0 bridgehead atoms. The summed E-state index contributed by atoms with van der Waals surface area (Å²) >= 11 is 5.88. The van der Waals surface area contributed by atoms with Crippen LogP contribution < -0.4 is 11.0 Å². The van der Waals surface area contributed by atoms with Gasteiger partial charge in [-0.1, -0.05) is 23.7 Å². The van der Waals surface area contributed by atoms with Crippen LogP contribution in [0.4, 0.5) is 8.78 Å². The molecule has 0 unspecified atom stereocenters. The van der Waals surface area contributed by atoms with Crippen LogP contribution in [0.1, 0.15) is 53.7 Å². The molecule has 4 aromatic rings. The van der Waals surface area contributed by atoms with Crippen molar-refractivity contribution in [1.29, 1.82) is 5.26 Å². The third kappa shape index (κ3) is 4.89. The van der Waals surface area contributed by atoms with Gasteiger partial charge >= 0.3 is 5.69 Å². The van der Waals surface area contributed by atoms with Crippen molar-refractivity contribution in [3.8, 4) is 11.9 Å². The maximum Gasteiger partial charge on any atom is 0.334 e. The lowest BCUT2D eigenvalue weighted by molar-refractivity contribution is 0.0904. The number of para-hydroxylation sites is 2. The van der Waals surface area contributed by atoms with Crippen molar-refractivity contribution in [2.24, 2.45) is 5.92 Å². The first-order valence-corrected chi connectivity index (χ1v) is 12.6. The molecule has 0 spiro atoms. The second-order valence-corrected chi connectivity index (χ2v) is 9.72. The minimum absolute atomic E-state index is 0.112. The van der Waals surface area contributed by atoms with E-state index >= 15 is 0 Å². The van der Waals surface area contributed by atoms with Crippen LogP contribution >= 0.6 is 11.6 Å². The largest absolute Gasteiger partial charge is 0.349 e. The van der Waals surface area contributed by atoms with Gasteiger partial charge in [-0.05, 0) is 61.9 Å². The summed E-state index contributed by atoms with van der Waals surface area (Å²) in [6.07, 6.45) is 2.51. The Hall–Kier alpha value is -4.10. The third-order valence-corrected chi connectivity index (χ3v) is 7.12. The summed E-state index contributed by atoms with van der Waals surface area (Å²) < 4.78 is 29.8. The van der Waals surface area contributed by atoms with Gasteiger partial charge in [0.2, 0.25) is 0 Å². The fourth-order valence-corrected chi connectivity index (χ4v) is 5.23. The number of halogens is 3. The lowest BCUT2D eigenvalue weighted by atomic mass is 9.85. The zero-order valence-corrected chi connectivity index (χ0v) is 20.9. The Bertz CT molecular complexity index is 1600. The van der Waals surface area contributed by atoms with E-state index in [1.165, 1.54) is 10.6 Å². The maximum atomic E-state index is 13.6. The average molecular weight is 537 g/mol. The quantitative estimate of drug-likeness (QED) is 0.372. The number of benzene rings is 1. The van der Waals surface area contributed by atoms with Crippen molar-refractivity contribution in [1.82, 2.24) is 24.4 Å². The second kappa shape index (κ2) is 10.7. The molecule has 1 aliphatic carbocycles. The fourth-order valence-electron chi connectivity index (χ4n) is 5.07. The number of fused-ring (bicyclic) bond motifs is 1. The van der Waals surface area contributed by atoms with E-state index in [1.54, 1.807) is 22.9 Å². The average Bonchev–Trinajstić information content (AvgIpc) is 3.20. The molecule has 11 heteroatoms. The lowest BCUT2D eigenvalue weighted by Gasteiger charge is -2.29. The van der Waals surface area contributed by atoms with E-state index in [2.05, 4.69) is 21.4 Å². The highest BCUT2D eigenvalue weighted by molar-refractivity contribution is 6.30. The monoisotopic (exact) mass is 536 g/mol. The minimum atomic E-state index is -2.89. The number of amides is 1. The van der Waals surface area contributed by atoms with Crippen molar-refractivity contribution in [2.75, 3.05) is 0 Å². The molecule has 1 aromatic carbocycles. The van der Waals surface area contributed by atoms with Gasteiger partial charge in [-0.15, -0.1) is 0 Å². The molecule has 194 valence electrons. The summed E-state index contributed by atoms with van der Waals surface area (Å²) in [5.41, 5.74) is 0.626. The molecule has 1 saturated carbocycles. The van der Waals surface area contributed by atoms with Crippen molar-refractivity contribution in [3.63, 3.8) is 0 Å². The van der Waals surface area contributed by atoms with Crippen LogP contribution in [-0.4, -0.2) is 31.1 Å². The van der Waals surface area contributed by atoms with Gasteiger partial charge < -0.3 is 5.32 Å². The summed E-state index contributed by atoms with van der Waals surface area (Å²) in [5.74, 6) is -0.162. The number of nitrogens with one attached hydrogen (secondary N) is 1. The number of imidazole rings is 1. The van der Waals surface area contributed by atoms with E-state index < -0.39 is 18.0 Å². The first-order chi connectivity index (χ1) is 18.4. The Morgan fingerprint density at radius 3 is 2.58 bits per heavy atom. The van der Waals surface area contributed by atoms with Gasteiger partial charge in [-0.25, -0.2) is 23.1 Å². The van der Waals surface area contributed by atoms with Crippen LogP contribution in [0.15, 0.2) is 59.7 Å². The van der Waals surface area contributed by atoms with E-state index in [0.29, 0.717) is 36.3 Å². The smallest absolute Gasteiger partial charge is 0.334 e. The number of nitrogens with zero attached hydrogens (tertiary/aromatic N) is 5. The van der Waals surface area contributed by atoms with Gasteiger partial charge in [0.15, 0.2) is 5.82 Å². The highest BCUT2D eigenvalue weighted by Gasteiger charge is 2.27. The molecule has 0 atom stereocenters.